The third-order valence-corrected chi connectivity index (χ3v) is 7.21. The van der Waals surface area contributed by atoms with Gasteiger partial charge in [0.15, 0.2) is 5.82 Å². The molecule has 3 aromatic rings. The molecule has 3 fully saturated rings. The van der Waals surface area contributed by atoms with E-state index < -0.39 is 0 Å². The number of piperazine rings is 1. The van der Waals surface area contributed by atoms with Crippen molar-refractivity contribution in [2.45, 2.75) is 37.8 Å². The third kappa shape index (κ3) is 5.12. The Balaban J connectivity index is 1.23. The lowest BCUT2D eigenvalue weighted by Gasteiger charge is -2.38. The van der Waals surface area contributed by atoms with Crippen molar-refractivity contribution in [3.05, 3.63) is 41.9 Å². The van der Waals surface area contributed by atoms with Crippen LogP contribution in [0.25, 0.3) is 10.9 Å². The fourth-order valence-corrected chi connectivity index (χ4v) is 4.95. The zero-order valence-electron chi connectivity index (χ0n) is 20.8. The third-order valence-electron chi connectivity index (χ3n) is 7.21. The molecule has 3 saturated heterocycles. The van der Waals surface area contributed by atoms with Crippen molar-refractivity contribution in [1.29, 1.82) is 0 Å². The number of ether oxygens (including phenoxy) is 2. The summed E-state index contributed by atoms with van der Waals surface area (Å²) in [6, 6.07) is 6.41. The molecule has 3 N–H and O–H groups in total. The van der Waals surface area contributed by atoms with Crippen LogP contribution in [-0.2, 0) is 21.4 Å². The summed E-state index contributed by atoms with van der Waals surface area (Å²) in [5, 5.41) is 11.2. The van der Waals surface area contributed by atoms with E-state index in [1.54, 1.807) is 0 Å². The summed E-state index contributed by atoms with van der Waals surface area (Å²) < 4.78 is 11.2. The predicted octanol–water partition coefficient (Wildman–Crippen LogP) is 2.45. The normalized spacial score (nSPS) is 22.2. The molecule has 36 heavy (non-hydrogen) atoms. The first kappa shape index (κ1) is 23.5. The van der Waals surface area contributed by atoms with Crippen LogP contribution in [0.2, 0.25) is 0 Å². The average molecular weight is 491 g/mol. The maximum absolute atomic E-state index is 5.69. The SMILES string of the molecule is CC1(c2cc3cnc(Nc4ccc(CN5CCNCC5)cn4)nc3c(N[C@H]3CCCOC3)n2)COC1. The molecule has 0 spiro atoms. The van der Waals surface area contributed by atoms with E-state index in [0.717, 1.165) is 80.4 Å². The Morgan fingerprint density at radius 3 is 2.72 bits per heavy atom. The highest BCUT2D eigenvalue weighted by atomic mass is 16.5. The van der Waals surface area contributed by atoms with Gasteiger partial charge in [0.1, 0.15) is 11.3 Å². The van der Waals surface area contributed by atoms with Crippen LogP contribution in [0.3, 0.4) is 0 Å². The number of nitrogens with zero attached hydrogens (tertiary/aromatic N) is 5. The minimum Gasteiger partial charge on any atom is -0.379 e. The van der Waals surface area contributed by atoms with E-state index in [9.17, 15) is 0 Å². The van der Waals surface area contributed by atoms with Crippen LogP contribution < -0.4 is 16.0 Å². The second-order valence-corrected chi connectivity index (χ2v) is 10.3. The van der Waals surface area contributed by atoms with E-state index in [4.69, 9.17) is 19.4 Å². The Labute approximate surface area is 211 Å². The predicted molar refractivity (Wildman–Crippen MR) is 139 cm³/mol. The highest BCUT2D eigenvalue weighted by Gasteiger charge is 2.37. The molecule has 0 radical (unpaired) electrons. The maximum atomic E-state index is 5.69. The van der Waals surface area contributed by atoms with Crippen molar-refractivity contribution in [3.63, 3.8) is 0 Å². The van der Waals surface area contributed by atoms with Gasteiger partial charge in [0, 0.05) is 57.1 Å². The van der Waals surface area contributed by atoms with E-state index in [2.05, 4.69) is 49.9 Å². The van der Waals surface area contributed by atoms with Gasteiger partial charge in [-0.25, -0.2) is 19.9 Å². The van der Waals surface area contributed by atoms with E-state index in [1.807, 2.05) is 18.5 Å². The standard InChI is InChI=1S/C26H34N8O2/c1-26(16-36-17-26)21-11-19-13-29-25(33-23(19)24(31-21)30-20-3-2-10-35-15-20)32-22-5-4-18(12-28-22)14-34-8-6-27-7-9-34/h4-5,11-13,20,27H,2-3,6-10,14-17H2,1H3,(H,30,31)(H,28,29,32,33)/t20-/m0/s1. The van der Waals surface area contributed by atoms with Crippen molar-refractivity contribution >= 4 is 28.5 Å². The van der Waals surface area contributed by atoms with Crippen LogP contribution in [0.15, 0.2) is 30.6 Å². The summed E-state index contributed by atoms with van der Waals surface area (Å²) in [4.78, 5) is 21.5. The lowest BCUT2D eigenvalue weighted by Crippen LogP contribution is -2.44. The summed E-state index contributed by atoms with van der Waals surface area (Å²) >= 11 is 0. The molecule has 3 aliphatic heterocycles. The number of fused-ring (bicyclic) bond motifs is 1. The first-order valence-corrected chi connectivity index (χ1v) is 12.9. The molecular weight excluding hydrogens is 456 g/mol. The molecule has 1 atom stereocenters. The van der Waals surface area contributed by atoms with Gasteiger partial charge < -0.3 is 25.4 Å². The Kier molecular flexibility index (Phi) is 6.66. The quantitative estimate of drug-likeness (QED) is 0.457. The molecule has 10 heteroatoms. The first-order valence-electron chi connectivity index (χ1n) is 12.9. The molecule has 10 nitrogen and oxygen atoms in total. The van der Waals surface area contributed by atoms with Gasteiger partial charge in [-0.2, -0.15) is 0 Å². The summed E-state index contributed by atoms with van der Waals surface area (Å²) in [6.45, 7) is 10.2. The molecule has 0 aromatic carbocycles. The van der Waals surface area contributed by atoms with Crippen LogP contribution in [0.4, 0.5) is 17.6 Å². The summed E-state index contributed by atoms with van der Waals surface area (Å²) in [7, 11) is 0. The molecule has 3 aliphatic rings. The van der Waals surface area contributed by atoms with E-state index in [-0.39, 0.29) is 11.5 Å². The van der Waals surface area contributed by atoms with Crippen molar-refractivity contribution in [3.8, 4) is 0 Å². The molecule has 6 rings (SSSR count). The number of pyridine rings is 2. The van der Waals surface area contributed by atoms with Gasteiger partial charge in [0.25, 0.3) is 0 Å². The number of hydrogen-bond donors (Lipinski definition) is 3. The number of aromatic nitrogens is 4. The van der Waals surface area contributed by atoms with Gasteiger partial charge >= 0.3 is 0 Å². The highest BCUT2D eigenvalue weighted by Crippen LogP contribution is 2.34. The minimum atomic E-state index is -0.0824. The maximum Gasteiger partial charge on any atom is 0.229 e. The Morgan fingerprint density at radius 2 is 2.00 bits per heavy atom. The van der Waals surface area contributed by atoms with Gasteiger partial charge in [0.05, 0.1) is 37.0 Å². The van der Waals surface area contributed by atoms with Crippen molar-refractivity contribution in [1.82, 2.24) is 30.2 Å². The lowest BCUT2D eigenvalue weighted by atomic mass is 9.84. The number of hydrogen-bond acceptors (Lipinski definition) is 10. The highest BCUT2D eigenvalue weighted by molar-refractivity contribution is 5.89. The second-order valence-electron chi connectivity index (χ2n) is 10.3. The van der Waals surface area contributed by atoms with Crippen LogP contribution in [0.5, 0.6) is 0 Å². The number of rotatable bonds is 7. The Morgan fingerprint density at radius 1 is 1.11 bits per heavy atom. The Hall–Kier alpha value is -2.92. The number of nitrogens with one attached hydrogen (secondary N) is 3. The van der Waals surface area contributed by atoms with Crippen molar-refractivity contribution in [2.75, 3.05) is 63.2 Å². The summed E-state index contributed by atoms with van der Waals surface area (Å²) in [5.41, 5.74) is 2.92. The van der Waals surface area contributed by atoms with Crippen molar-refractivity contribution < 1.29 is 9.47 Å². The molecule has 0 bridgehead atoms. The van der Waals surface area contributed by atoms with E-state index in [1.165, 1.54) is 5.56 Å². The zero-order chi connectivity index (χ0) is 24.4. The van der Waals surface area contributed by atoms with Gasteiger partial charge in [-0.1, -0.05) is 6.07 Å². The Bertz CT molecular complexity index is 1190. The van der Waals surface area contributed by atoms with Crippen LogP contribution >= 0.6 is 0 Å². The van der Waals surface area contributed by atoms with E-state index >= 15 is 0 Å². The van der Waals surface area contributed by atoms with Crippen LogP contribution in [0.1, 0.15) is 31.0 Å². The van der Waals surface area contributed by atoms with Gasteiger partial charge in [0.2, 0.25) is 5.95 Å². The molecular formula is C26H34N8O2. The number of anilines is 3. The molecule has 3 aromatic heterocycles. The first-order chi connectivity index (χ1) is 17.6. The van der Waals surface area contributed by atoms with Gasteiger partial charge in [-0.05, 0) is 37.5 Å². The fraction of sp³-hybridized carbons (Fsp3) is 0.538. The molecule has 0 aliphatic carbocycles. The topological polar surface area (TPSA) is 109 Å². The smallest absolute Gasteiger partial charge is 0.229 e. The second kappa shape index (κ2) is 10.2. The minimum absolute atomic E-state index is 0.0824. The monoisotopic (exact) mass is 490 g/mol. The largest absolute Gasteiger partial charge is 0.379 e. The zero-order valence-corrected chi connectivity index (χ0v) is 20.8. The molecule has 0 unspecified atom stereocenters. The molecule has 0 amide bonds. The van der Waals surface area contributed by atoms with E-state index in [0.29, 0.717) is 25.8 Å². The van der Waals surface area contributed by atoms with Gasteiger partial charge in [-0.3, -0.25) is 4.90 Å². The molecule has 0 saturated carbocycles. The van der Waals surface area contributed by atoms with Crippen LogP contribution in [0, 0.1) is 0 Å². The fourth-order valence-electron chi connectivity index (χ4n) is 4.95. The average Bonchev–Trinajstić information content (AvgIpc) is 2.90. The summed E-state index contributed by atoms with van der Waals surface area (Å²) in [6.07, 6.45) is 5.88. The molecule has 6 heterocycles. The molecule has 190 valence electrons. The lowest BCUT2D eigenvalue weighted by molar-refractivity contribution is -0.0519. The summed E-state index contributed by atoms with van der Waals surface area (Å²) in [5.74, 6) is 1.99. The van der Waals surface area contributed by atoms with Crippen LogP contribution in [-0.4, -0.2) is 83.5 Å². The van der Waals surface area contributed by atoms with Gasteiger partial charge in [-0.15, -0.1) is 0 Å². The van der Waals surface area contributed by atoms with Crippen molar-refractivity contribution in [2.24, 2.45) is 0 Å².